The number of aromatic nitrogens is 4. The fourth-order valence-corrected chi connectivity index (χ4v) is 2.13. The Morgan fingerprint density at radius 2 is 2.47 bits per heavy atom. The summed E-state index contributed by atoms with van der Waals surface area (Å²) in [6.45, 7) is 1.66. The van der Waals surface area contributed by atoms with Crippen LogP contribution in [0.3, 0.4) is 0 Å². The van der Waals surface area contributed by atoms with E-state index in [-0.39, 0.29) is 18.4 Å². The van der Waals surface area contributed by atoms with E-state index in [9.17, 15) is 4.79 Å². The van der Waals surface area contributed by atoms with Gasteiger partial charge in [-0.25, -0.2) is 4.68 Å². The van der Waals surface area contributed by atoms with Gasteiger partial charge < -0.3 is 15.4 Å². The Kier molecular flexibility index (Phi) is 4.67. The van der Waals surface area contributed by atoms with Gasteiger partial charge in [0, 0.05) is 20.2 Å². The minimum atomic E-state index is -0.0497. The molecule has 1 aliphatic rings. The van der Waals surface area contributed by atoms with Crippen LogP contribution in [0, 0.1) is 0 Å². The van der Waals surface area contributed by atoms with Gasteiger partial charge in [-0.2, -0.15) is 0 Å². The first-order chi connectivity index (χ1) is 9.16. The van der Waals surface area contributed by atoms with Gasteiger partial charge in [0.05, 0.1) is 6.10 Å². The standard InChI is InChI=1S/C11H20N6O2/c1-16(6-2-4-9-5-3-7-19-9)10(18)8-17-11(12)13-14-15-17/h9H,2-8H2,1H3,(H2,12,13,15). The highest BCUT2D eigenvalue weighted by atomic mass is 16.5. The molecule has 1 atom stereocenters. The maximum Gasteiger partial charge on any atom is 0.244 e. The van der Waals surface area contributed by atoms with Crippen molar-refractivity contribution in [1.29, 1.82) is 0 Å². The molecule has 1 aliphatic heterocycles. The zero-order valence-electron chi connectivity index (χ0n) is 11.2. The maximum absolute atomic E-state index is 11.9. The van der Waals surface area contributed by atoms with Crippen LogP contribution >= 0.6 is 0 Å². The van der Waals surface area contributed by atoms with Gasteiger partial charge in [0.1, 0.15) is 6.54 Å². The number of tetrazole rings is 1. The van der Waals surface area contributed by atoms with E-state index in [2.05, 4.69) is 15.5 Å². The molecule has 1 saturated heterocycles. The second kappa shape index (κ2) is 6.46. The van der Waals surface area contributed by atoms with Crippen molar-refractivity contribution in [3.63, 3.8) is 0 Å². The minimum Gasteiger partial charge on any atom is -0.378 e. The van der Waals surface area contributed by atoms with Crippen LogP contribution < -0.4 is 5.73 Å². The maximum atomic E-state index is 11.9. The Hall–Kier alpha value is -1.70. The first-order valence-electron chi connectivity index (χ1n) is 6.54. The molecule has 0 radical (unpaired) electrons. The second-order valence-electron chi connectivity index (χ2n) is 4.79. The van der Waals surface area contributed by atoms with Crippen LogP contribution in [0.25, 0.3) is 0 Å². The Morgan fingerprint density at radius 3 is 3.11 bits per heavy atom. The number of likely N-dealkylation sites (N-methyl/N-ethyl adjacent to an activating group) is 1. The fourth-order valence-electron chi connectivity index (χ4n) is 2.13. The molecule has 8 heteroatoms. The number of hydrogen-bond acceptors (Lipinski definition) is 6. The highest BCUT2D eigenvalue weighted by Gasteiger charge is 2.16. The summed E-state index contributed by atoms with van der Waals surface area (Å²) in [6, 6.07) is 0. The average Bonchev–Trinajstić information content (AvgIpc) is 3.02. The van der Waals surface area contributed by atoms with Crippen LogP contribution in [0.2, 0.25) is 0 Å². The van der Waals surface area contributed by atoms with Crippen molar-refractivity contribution in [3.8, 4) is 0 Å². The minimum absolute atomic E-state index is 0.0497. The highest BCUT2D eigenvalue weighted by molar-refractivity contribution is 5.75. The zero-order chi connectivity index (χ0) is 13.7. The molecule has 2 heterocycles. The summed E-state index contributed by atoms with van der Waals surface area (Å²) >= 11 is 0. The molecule has 1 fully saturated rings. The average molecular weight is 268 g/mol. The number of carbonyl (C=O) groups is 1. The van der Waals surface area contributed by atoms with E-state index in [1.54, 1.807) is 11.9 Å². The van der Waals surface area contributed by atoms with Gasteiger partial charge in [-0.1, -0.05) is 5.10 Å². The largest absolute Gasteiger partial charge is 0.378 e. The predicted octanol–water partition coefficient (Wildman–Crippen LogP) is -0.327. The molecule has 19 heavy (non-hydrogen) atoms. The van der Waals surface area contributed by atoms with Crippen molar-refractivity contribution in [2.24, 2.45) is 0 Å². The van der Waals surface area contributed by atoms with Gasteiger partial charge in [-0.15, -0.1) is 0 Å². The monoisotopic (exact) mass is 268 g/mol. The molecule has 1 amide bonds. The Bertz CT molecular complexity index is 415. The summed E-state index contributed by atoms with van der Waals surface area (Å²) in [5, 5.41) is 10.6. The molecule has 1 aromatic heterocycles. The summed E-state index contributed by atoms with van der Waals surface area (Å²) in [5.41, 5.74) is 5.51. The number of carbonyl (C=O) groups excluding carboxylic acids is 1. The van der Waals surface area contributed by atoms with E-state index in [4.69, 9.17) is 10.5 Å². The summed E-state index contributed by atoms with van der Waals surface area (Å²) in [7, 11) is 1.78. The third-order valence-corrected chi connectivity index (χ3v) is 3.31. The number of anilines is 1. The molecule has 0 spiro atoms. The van der Waals surface area contributed by atoms with E-state index >= 15 is 0 Å². The van der Waals surface area contributed by atoms with Crippen LogP contribution in [0.15, 0.2) is 0 Å². The topological polar surface area (TPSA) is 99.2 Å². The molecule has 1 unspecified atom stereocenters. The van der Waals surface area contributed by atoms with Gasteiger partial charge in [0.2, 0.25) is 11.9 Å². The van der Waals surface area contributed by atoms with Gasteiger partial charge in [-0.05, 0) is 36.1 Å². The number of nitrogens with two attached hydrogens (primary N) is 1. The molecule has 2 N–H and O–H groups in total. The lowest BCUT2D eigenvalue weighted by molar-refractivity contribution is -0.130. The third-order valence-electron chi connectivity index (χ3n) is 3.31. The first kappa shape index (κ1) is 13.7. The summed E-state index contributed by atoms with van der Waals surface area (Å²) in [6.07, 6.45) is 4.61. The fraction of sp³-hybridized carbons (Fsp3) is 0.818. The number of nitrogens with zero attached hydrogens (tertiary/aromatic N) is 5. The zero-order valence-corrected chi connectivity index (χ0v) is 11.2. The number of rotatable bonds is 6. The molecule has 2 rings (SSSR count). The smallest absolute Gasteiger partial charge is 0.244 e. The predicted molar refractivity (Wildman–Crippen MR) is 68.1 cm³/mol. The van der Waals surface area contributed by atoms with Gasteiger partial charge in [0.25, 0.3) is 0 Å². The molecular formula is C11H20N6O2. The summed E-state index contributed by atoms with van der Waals surface area (Å²) in [5.74, 6) is 0.104. The van der Waals surface area contributed by atoms with E-state index in [1.165, 1.54) is 4.68 Å². The number of ether oxygens (including phenoxy) is 1. The van der Waals surface area contributed by atoms with Crippen molar-refractivity contribution in [1.82, 2.24) is 25.1 Å². The molecule has 8 nitrogen and oxygen atoms in total. The van der Waals surface area contributed by atoms with Crippen LogP contribution in [0.5, 0.6) is 0 Å². The van der Waals surface area contributed by atoms with Crippen LogP contribution in [0.1, 0.15) is 25.7 Å². The molecular weight excluding hydrogens is 248 g/mol. The van der Waals surface area contributed by atoms with Crippen molar-refractivity contribution in [3.05, 3.63) is 0 Å². The molecule has 0 aromatic carbocycles. The first-order valence-corrected chi connectivity index (χ1v) is 6.54. The summed E-state index contributed by atoms with van der Waals surface area (Å²) < 4.78 is 6.84. The normalized spacial score (nSPS) is 18.7. The van der Waals surface area contributed by atoms with E-state index in [0.717, 1.165) is 32.3 Å². The number of hydrogen-bond donors (Lipinski definition) is 1. The molecule has 1 aromatic rings. The van der Waals surface area contributed by atoms with Crippen molar-refractivity contribution in [2.75, 3.05) is 25.9 Å². The molecule has 0 bridgehead atoms. The SMILES string of the molecule is CN(CCCC1CCCO1)C(=O)Cn1nnnc1N. The number of amides is 1. The Morgan fingerprint density at radius 1 is 1.63 bits per heavy atom. The lowest BCUT2D eigenvalue weighted by Gasteiger charge is -2.18. The van der Waals surface area contributed by atoms with Gasteiger partial charge in [0.15, 0.2) is 0 Å². The van der Waals surface area contributed by atoms with Crippen LogP contribution in [0.4, 0.5) is 5.95 Å². The van der Waals surface area contributed by atoms with Crippen LogP contribution in [-0.4, -0.2) is 57.3 Å². The molecule has 0 aliphatic carbocycles. The lowest BCUT2D eigenvalue weighted by atomic mass is 10.1. The van der Waals surface area contributed by atoms with E-state index in [1.807, 2.05) is 0 Å². The Balaban J connectivity index is 1.68. The van der Waals surface area contributed by atoms with Crippen molar-refractivity contribution < 1.29 is 9.53 Å². The third kappa shape index (κ3) is 3.88. The van der Waals surface area contributed by atoms with E-state index < -0.39 is 0 Å². The van der Waals surface area contributed by atoms with Crippen molar-refractivity contribution in [2.45, 2.75) is 38.3 Å². The van der Waals surface area contributed by atoms with Crippen LogP contribution in [-0.2, 0) is 16.1 Å². The van der Waals surface area contributed by atoms with E-state index in [0.29, 0.717) is 12.6 Å². The number of nitrogen functional groups attached to an aromatic ring is 1. The van der Waals surface area contributed by atoms with Crippen molar-refractivity contribution >= 4 is 11.9 Å². The lowest BCUT2D eigenvalue weighted by Crippen LogP contribution is -2.32. The molecule has 106 valence electrons. The second-order valence-corrected chi connectivity index (χ2v) is 4.79. The highest BCUT2D eigenvalue weighted by Crippen LogP contribution is 2.16. The summed E-state index contributed by atoms with van der Waals surface area (Å²) in [4.78, 5) is 13.6. The molecule has 0 saturated carbocycles. The van der Waals surface area contributed by atoms with Gasteiger partial charge in [-0.3, -0.25) is 4.79 Å². The Labute approximate surface area is 111 Å². The quantitative estimate of drug-likeness (QED) is 0.758. The van der Waals surface area contributed by atoms with Gasteiger partial charge >= 0.3 is 0 Å².